The highest BCUT2D eigenvalue weighted by Crippen LogP contribution is 2.32. The standard InChI is InChI=1S/C16H20N2O2/c1-3-8-18-10-12(2)11-19-16-13-6-4-5-7-14(13)20-15(16)9-17/h4-7,12,18H,3,8,10-11H2,1-2H3. The van der Waals surface area contributed by atoms with Gasteiger partial charge in [-0.05, 0) is 25.1 Å². The number of fused-ring (bicyclic) bond motifs is 1. The van der Waals surface area contributed by atoms with E-state index in [0.717, 1.165) is 24.9 Å². The second-order valence-corrected chi connectivity index (χ2v) is 4.99. The largest absolute Gasteiger partial charge is 0.488 e. The van der Waals surface area contributed by atoms with Gasteiger partial charge in [0.05, 0.1) is 12.0 Å². The van der Waals surface area contributed by atoms with Crippen molar-refractivity contribution >= 4 is 11.0 Å². The van der Waals surface area contributed by atoms with E-state index in [9.17, 15) is 0 Å². The average Bonchev–Trinajstić information content (AvgIpc) is 2.83. The maximum Gasteiger partial charge on any atom is 0.246 e. The Hall–Kier alpha value is -1.99. The van der Waals surface area contributed by atoms with Gasteiger partial charge < -0.3 is 14.5 Å². The lowest BCUT2D eigenvalue weighted by Gasteiger charge is -2.13. The summed E-state index contributed by atoms with van der Waals surface area (Å²) in [7, 11) is 0. The third kappa shape index (κ3) is 3.31. The molecule has 0 radical (unpaired) electrons. The fourth-order valence-electron chi connectivity index (χ4n) is 2.05. The quantitative estimate of drug-likeness (QED) is 0.785. The molecule has 2 rings (SSSR count). The van der Waals surface area contributed by atoms with Gasteiger partial charge in [-0.2, -0.15) is 5.26 Å². The van der Waals surface area contributed by atoms with Gasteiger partial charge in [0.25, 0.3) is 0 Å². The number of furan rings is 1. The summed E-state index contributed by atoms with van der Waals surface area (Å²) in [4.78, 5) is 0. The molecule has 1 aromatic carbocycles. The Morgan fingerprint density at radius 1 is 1.40 bits per heavy atom. The number of ether oxygens (including phenoxy) is 1. The molecule has 0 spiro atoms. The zero-order chi connectivity index (χ0) is 14.4. The van der Waals surface area contributed by atoms with Crippen molar-refractivity contribution < 1.29 is 9.15 Å². The molecule has 0 bridgehead atoms. The van der Waals surface area contributed by atoms with E-state index in [0.29, 0.717) is 23.9 Å². The van der Waals surface area contributed by atoms with E-state index in [1.807, 2.05) is 24.3 Å². The van der Waals surface area contributed by atoms with Crippen LogP contribution < -0.4 is 10.1 Å². The molecule has 1 heterocycles. The Labute approximate surface area is 119 Å². The molecule has 1 unspecified atom stereocenters. The number of hydrogen-bond donors (Lipinski definition) is 1. The predicted molar refractivity (Wildman–Crippen MR) is 78.7 cm³/mol. The molecular formula is C16H20N2O2. The molecule has 4 nitrogen and oxygen atoms in total. The first-order valence-electron chi connectivity index (χ1n) is 7.01. The highest BCUT2D eigenvalue weighted by molar-refractivity contribution is 5.86. The van der Waals surface area contributed by atoms with Crippen molar-refractivity contribution in [2.75, 3.05) is 19.7 Å². The monoisotopic (exact) mass is 272 g/mol. The maximum atomic E-state index is 9.12. The van der Waals surface area contributed by atoms with Gasteiger partial charge >= 0.3 is 0 Å². The van der Waals surface area contributed by atoms with Crippen molar-refractivity contribution in [2.45, 2.75) is 20.3 Å². The van der Waals surface area contributed by atoms with Gasteiger partial charge in [0.2, 0.25) is 5.76 Å². The van der Waals surface area contributed by atoms with E-state index in [2.05, 4.69) is 25.2 Å². The van der Waals surface area contributed by atoms with Crippen molar-refractivity contribution in [3.63, 3.8) is 0 Å². The van der Waals surface area contributed by atoms with Gasteiger partial charge in [-0.1, -0.05) is 26.0 Å². The van der Waals surface area contributed by atoms with Gasteiger partial charge in [0.15, 0.2) is 5.75 Å². The maximum absolute atomic E-state index is 9.12. The molecule has 0 aliphatic rings. The van der Waals surface area contributed by atoms with E-state index >= 15 is 0 Å². The van der Waals surface area contributed by atoms with Gasteiger partial charge in [0.1, 0.15) is 11.7 Å². The van der Waals surface area contributed by atoms with Crippen molar-refractivity contribution in [3.8, 4) is 11.8 Å². The first kappa shape index (κ1) is 14.4. The highest BCUT2D eigenvalue weighted by atomic mass is 16.5. The summed E-state index contributed by atoms with van der Waals surface area (Å²) in [5.41, 5.74) is 0.691. The molecule has 0 fully saturated rings. The van der Waals surface area contributed by atoms with Gasteiger partial charge in [-0.25, -0.2) is 0 Å². The third-order valence-electron chi connectivity index (χ3n) is 3.08. The number of nitriles is 1. The molecule has 2 aromatic rings. The Morgan fingerprint density at radius 3 is 2.95 bits per heavy atom. The van der Waals surface area contributed by atoms with Crippen LogP contribution in [0.3, 0.4) is 0 Å². The summed E-state index contributed by atoms with van der Waals surface area (Å²) in [5, 5.41) is 13.3. The fraction of sp³-hybridized carbons (Fsp3) is 0.438. The lowest BCUT2D eigenvalue weighted by atomic mass is 10.2. The Kier molecular flexibility index (Phi) is 5.03. The van der Waals surface area contributed by atoms with Crippen LogP contribution in [-0.4, -0.2) is 19.7 Å². The fourth-order valence-corrected chi connectivity index (χ4v) is 2.05. The summed E-state index contributed by atoms with van der Waals surface area (Å²) in [6.45, 7) is 6.75. The summed E-state index contributed by atoms with van der Waals surface area (Å²) >= 11 is 0. The normalized spacial score (nSPS) is 12.2. The number of para-hydroxylation sites is 1. The second-order valence-electron chi connectivity index (χ2n) is 4.99. The minimum atomic E-state index is 0.250. The van der Waals surface area contributed by atoms with Crippen LogP contribution in [-0.2, 0) is 0 Å². The lowest BCUT2D eigenvalue weighted by molar-refractivity contribution is 0.255. The molecule has 20 heavy (non-hydrogen) atoms. The first-order valence-corrected chi connectivity index (χ1v) is 7.01. The van der Waals surface area contributed by atoms with Crippen LogP contribution in [0.15, 0.2) is 28.7 Å². The molecule has 106 valence electrons. The van der Waals surface area contributed by atoms with Gasteiger partial charge in [-0.3, -0.25) is 0 Å². The van der Waals surface area contributed by atoms with E-state index in [-0.39, 0.29) is 5.76 Å². The van der Waals surface area contributed by atoms with Crippen LogP contribution in [0.4, 0.5) is 0 Å². The smallest absolute Gasteiger partial charge is 0.246 e. The molecule has 4 heteroatoms. The minimum Gasteiger partial charge on any atom is -0.488 e. The first-order chi connectivity index (χ1) is 9.76. The number of nitrogens with zero attached hydrogens (tertiary/aromatic N) is 1. The SMILES string of the molecule is CCCNCC(C)COc1c(C#N)oc2ccccc12. The molecule has 0 amide bonds. The Bertz CT molecular complexity index is 598. The van der Waals surface area contributed by atoms with Crippen LogP contribution >= 0.6 is 0 Å². The predicted octanol–water partition coefficient (Wildman–Crippen LogP) is 3.32. The topological polar surface area (TPSA) is 58.2 Å². The third-order valence-corrected chi connectivity index (χ3v) is 3.08. The van der Waals surface area contributed by atoms with E-state index < -0.39 is 0 Å². The van der Waals surface area contributed by atoms with Gasteiger partial charge in [-0.15, -0.1) is 0 Å². The summed E-state index contributed by atoms with van der Waals surface area (Å²) < 4.78 is 11.3. The van der Waals surface area contributed by atoms with E-state index in [1.165, 1.54) is 0 Å². The summed E-state index contributed by atoms with van der Waals surface area (Å²) in [5.74, 6) is 1.19. The molecule has 0 saturated carbocycles. The molecule has 0 aliphatic carbocycles. The number of rotatable bonds is 7. The van der Waals surface area contributed by atoms with Crippen LogP contribution in [0.2, 0.25) is 0 Å². The van der Waals surface area contributed by atoms with Crippen molar-refractivity contribution in [2.24, 2.45) is 5.92 Å². The van der Waals surface area contributed by atoms with Crippen LogP contribution in [0, 0.1) is 17.2 Å². The van der Waals surface area contributed by atoms with Crippen molar-refractivity contribution in [1.82, 2.24) is 5.32 Å². The van der Waals surface area contributed by atoms with E-state index in [4.69, 9.17) is 14.4 Å². The van der Waals surface area contributed by atoms with Crippen LogP contribution in [0.5, 0.6) is 5.75 Å². The molecule has 1 N–H and O–H groups in total. The van der Waals surface area contributed by atoms with Crippen molar-refractivity contribution in [1.29, 1.82) is 5.26 Å². The summed E-state index contributed by atoms with van der Waals surface area (Å²) in [6, 6.07) is 9.61. The Morgan fingerprint density at radius 2 is 2.20 bits per heavy atom. The average molecular weight is 272 g/mol. The molecule has 1 atom stereocenters. The Balaban J connectivity index is 2.04. The second kappa shape index (κ2) is 6.97. The highest BCUT2D eigenvalue weighted by Gasteiger charge is 2.15. The summed E-state index contributed by atoms with van der Waals surface area (Å²) in [6.07, 6.45) is 1.12. The molecular weight excluding hydrogens is 252 g/mol. The van der Waals surface area contributed by atoms with Gasteiger partial charge in [0, 0.05) is 12.5 Å². The lowest BCUT2D eigenvalue weighted by Crippen LogP contribution is -2.25. The minimum absolute atomic E-state index is 0.250. The number of nitrogens with one attached hydrogen (secondary N) is 1. The molecule has 0 saturated heterocycles. The van der Waals surface area contributed by atoms with E-state index in [1.54, 1.807) is 0 Å². The number of hydrogen-bond acceptors (Lipinski definition) is 4. The number of benzene rings is 1. The molecule has 0 aliphatic heterocycles. The van der Waals surface area contributed by atoms with Crippen LogP contribution in [0.1, 0.15) is 26.0 Å². The van der Waals surface area contributed by atoms with Crippen LogP contribution in [0.25, 0.3) is 11.0 Å². The zero-order valence-electron chi connectivity index (χ0n) is 12.0. The molecule has 1 aromatic heterocycles. The van der Waals surface area contributed by atoms with Crippen molar-refractivity contribution in [3.05, 3.63) is 30.0 Å². The zero-order valence-corrected chi connectivity index (χ0v) is 12.0.